The fraction of sp³-hybridized carbons (Fsp3) is 0. The number of hydrogen-bond acceptors (Lipinski definition) is 3. The number of hydrogen-bond donors (Lipinski definition) is 0. The van der Waals surface area contributed by atoms with Gasteiger partial charge in [-0.25, -0.2) is 4.98 Å². The number of nitrogens with zero attached hydrogens (tertiary/aromatic N) is 2. The van der Waals surface area contributed by atoms with Gasteiger partial charge in [-0.05, 0) is 23.7 Å². The van der Waals surface area contributed by atoms with Gasteiger partial charge in [-0.3, -0.25) is 0 Å². The second-order valence-corrected chi connectivity index (χ2v) is 4.15. The van der Waals surface area contributed by atoms with Gasteiger partial charge < -0.3 is 4.74 Å². The molecule has 1 aromatic heterocycles. The normalized spacial score (nSPS) is 10.4. The molecule has 0 saturated carbocycles. The molecule has 0 aliphatic heterocycles. The molecule has 0 aliphatic carbocycles. The van der Waals surface area contributed by atoms with Crippen LogP contribution in [-0.4, -0.2) is 9.97 Å². The number of aromatic nitrogens is 2. The lowest BCUT2D eigenvalue weighted by atomic mass is 10.3. The summed E-state index contributed by atoms with van der Waals surface area (Å²) >= 11 is 17.1. The third-order valence-corrected chi connectivity index (χ3v) is 2.51. The van der Waals surface area contributed by atoms with Crippen LogP contribution in [0.4, 0.5) is 4.39 Å². The Morgan fingerprint density at radius 2 is 1.94 bits per heavy atom. The summed E-state index contributed by atoms with van der Waals surface area (Å²) in [6.45, 7) is 0. The van der Waals surface area contributed by atoms with Gasteiger partial charge in [-0.2, -0.15) is 9.37 Å². The Morgan fingerprint density at radius 3 is 2.71 bits per heavy atom. The maximum absolute atomic E-state index is 13.3. The van der Waals surface area contributed by atoms with E-state index in [1.54, 1.807) is 6.07 Å². The van der Waals surface area contributed by atoms with Crippen LogP contribution in [0.5, 0.6) is 11.6 Å². The van der Waals surface area contributed by atoms with Crippen LogP contribution in [-0.2, 0) is 0 Å². The predicted octanol–water partition coefficient (Wildman–Crippen LogP) is 4.37. The van der Waals surface area contributed by atoms with Gasteiger partial charge in [0.15, 0.2) is 0 Å². The maximum atomic E-state index is 13.3. The van der Waals surface area contributed by atoms with E-state index < -0.39 is 5.82 Å². The molecular formula is C10H4Cl3FN2O. The summed E-state index contributed by atoms with van der Waals surface area (Å²) in [6.07, 6.45) is 0.906. The van der Waals surface area contributed by atoms with Crippen LogP contribution in [0.15, 0.2) is 24.4 Å². The molecule has 1 heterocycles. The average molecular weight is 294 g/mol. The first-order chi connectivity index (χ1) is 8.06. The Labute approximate surface area is 111 Å². The van der Waals surface area contributed by atoms with Crippen LogP contribution in [0.1, 0.15) is 0 Å². The van der Waals surface area contributed by atoms with Crippen molar-refractivity contribution in [2.45, 2.75) is 0 Å². The standard InChI is InChI=1S/C10H4Cl3FN2O/c11-5-1-2-6(12)8(3-5)17-9-7(14)4-15-10(13)16-9/h1-4H. The lowest BCUT2D eigenvalue weighted by Gasteiger charge is -2.07. The monoisotopic (exact) mass is 292 g/mol. The molecule has 0 saturated heterocycles. The Kier molecular flexibility index (Phi) is 3.66. The molecule has 0 amide bonds. The summed E-state index contributed by atoms with van der Waals surface area (Å²) in [6, 6.07) is 4.55. The molecule has 0 N–H and O–H groups in total. The van der Waals surface area contributed by atoms with E-state index in [2.05, 4.69) is 9.97 Å². The molecule has 88 valence electrons. The predicted molar refractivity (Wildman–Crippen MR) is 63.5 cm³/mol. The molecule has 0 radical (unpaired) electrons. The van der Waals surface area contributed by atoms with E-state index >= 15 is 0 Å². The second-order valence-electron chi connectivity index (χ2n) is 2.97. The zero-order chi connectivity index (χ0) is 12.4. The molecule has 7 heteroatoms. The van der Waals surface area contributed by atoms with Gasteiger partial charge in [-0.15, -0.1) is 0 Å². The molecule has 2 rings (SSSR count). The highest BCUT2D eigenvalue weighted by Gasteiger charge is 2.11. The highest BCUT2D eigenvalue weighted by Crippen LogP contribution is 2.32. The molecule has 0 atom stereocenters. The van der Waals surface area contributed by atoms with Crippen molar-refractivity contribution in [3.8, 4) is 11.6 Å². The Morgan fingerprint density at radius 1 is 1.18 bits per heavy atom. The minimum atomic E-state index is -0.745. The Hall–Kier alpha value is -1.10. The first kappa shape index (κ1) is 12.4. The quantitative estimate of drug-likeness (QED) is 0.771. The molecule has 2 aromatic rings. The Balaban J connectivity index is 2.37. The van der Waals surface area contributed by atoms with Gasteiger partial charge in [0.2, 0.25) is 11.1 Å². The van der Waals surface area contributed by atoms with Crippen LogP contribution in [0.3, 0.4) is 0 Å². The van der Waals surface area contributed by atoms with Crippen LogP contribution < -0.4 is 4.74 Å². The van der Waals surface area contributed by atoms with Crippen LogP contribution in [0, 0.1) is 5.82 Å². The summed E-state index contributed by atoms with van der Waals surface area (Å²) in [7, 11) is 0. The minimum Gasteiger partial charge on any atom is -0.435 e. The SMILES string of the molecule is Fc1cnc(Cl)nc1Oc1cc(Cl)ccc1Cl. The second kappa shape index (κ2) is 5.04. The van der Waals surface area contributed by atoms with Gasteiger partial charge in [0.25, 0.3) is 5.88 Å². The lowest BCUT2D eigenvalue weighted by molar-refractivity contribution is 0.420. The van der Waals surface area contributed by atoms with Gasteiger partial charge in [0.05, 0.1) is 11.2 Å². The minimum absolute atomic E-state index is 0.125. The van der Waals surface area contributed by atoms with Crippen molar-refractivity contribution >= 4 is 34.8 Å². The lowest BCUT2D eigenvalue weighted by Crippen LogP contribution is -1.94. The van der Waals surface area contributed by atoms with Crippen molar-refractivity contribution in [1.29, 1.82) is 0 Å². The topological polar surface area (TPSA) is 35.0 Å². The van der Waals surface area contributed by atoms with Gasteiger partial charge >= 0.3 is 0 Å². The smallest absolute Gasteiger partial charge is 0.260 e. The third-order valence-electron chi connectivity index (χ3n) is 1.78. The third kappa shape index (κ3) is 2.97. The molecule has 3 nitrogen and oxygen atoms in total. The largest absolute Gasteiger partial charge is 0.435 e. The van der Waals surface area contributed by atoms with E-state index in [1.165, 1.54) is 12.1 Å². The van der Waals surface area contributed by atoms with E-state index in [-0.39, 0.29) is 21.9 Å². The highest BCUT2D eigenvalue weighted by molar-refractivity contribution is 6.34. The fourth-order valence-corrected chi connectivity index (χ4v) is 1.51. The molecule has 0 fully saturated rings. The molecule has 0 unspecified atom stereocenters. The van der Waals surface area contributed by atoms with Crippen molar-refractivity contribution in [3.63, 3.8) is 0 Å². The zero-order valence-electron chi connectivity index (χ0n) is 8.12. The summed E-state index contributed by atoms with van der Waals surface area (Å²) in [4.78, 5) is 7.06. The molecule has 0 spiro atoms. The average Bonchev–Trinajstić information content (AvgIpc) is 2.28. The molecule has 0 bridgehead atoms. The summed E-state index contributed by atoms with van der Waals surface area (Å²) < 4.78 is 18.5. The van der Waals surface area contributed by atoms with Crippen molar-refractivity contribution in [2.24, 2.45) is 0 Å². The summed E-state index contributed by atoms with van der Waals surface area (Å²) in [5.74, 6) is -0.868. The molecular weight excluding hydrogens is 289 g/mol. The van der Waals surface area contributed by atoms with Crippen molar-refractivity contribution in [2.75, 3.05) is 0 Å². The van der Waals surface area contributed by atoms with Crippen molar-refractivity contribution < 1.29 is 9.13 Å². The van der Waals surface area contributed by atoms with Crippen LogP contribution in [0.25, 0.3) is 0 Å². The molecule has 0 aliphatic rings. The van der Waals surface area contributed by atoms with E-state index in [4.69, 9.17) is 39.5 Å². The Bertz CT molecular complexity index is 516. The summed E-state index contributed by atoms with van der Waals surface area (Å²) in [5, 5.41) is 0.563. The van der Waals surface area contributed by atoms with E-state index in [9.17, 15) is 4.39 Å². The first-order valence-electron chi connectivity index (χ1n) is 4.37. The van der Waals surface area contributed by atoms with Gasteiger partial charge in [0.1, 0.15) is 5.75 Å². The fourth-order valence-electron chi connectivity index (χ4n) is 1.06. The van der Waals surface area contributed by atoms with Crippen LogP contribution in [0.2, 0.25) is 15.3 Å². The van der Waals surface area contributed by atoms with E-state index in [1.807, 2.05) is 0 Å². The molecule has 1 aromatic carbocycles. The molecule has 17 heavy (non-hydrogen) atoms. The highest BCUT2D eigenvalue weighted by atomic mass is 35.5. The number of halogens is 4. The number of rotatable bonds is 2. The van der Waals surface area contributed by atoms with Crippen molar-refractivity contribution in [3.05, 3.63) is 45.5 Å². The zero-order valence-corrected chi connectivity index (χ0v) is 10.4. The van der Waals surface area contributed by atoms with Gasteiger partial charge in [-0.1, -0.05) is 23.2 Å². The van der Waals surface area contributed by atoms with E-state index in [0.717, 1.165) is 6.20 Å². The maximum Gasteiger partial charge on any atom is 0.260 e. The number of benzene rings is 1. The summed E-state index contributed by atoms with van der Waals surface area (Å²) in [5.41, 5.74) is 0. The van der Waals surface area contributed by atoms with E-state index in [0.29, 0.717) is 5.02 Å². The first-order valence-corrected chi connectivity index (χ1v) is 5.50. The van der Waals surface area contributed by atoms with Gasteiger partial charge in [0, 0.05) is 11.1 Å². The number of ether oxygens (including phenoxy) is 1. The van der Waals surface area contributed by atoms with Crippen molar-refractivity contribution in [1.82, 2.24) is 9.97 Å². The van der Waals surface area contributed by atoms with Crippen LogP contribution >= 0.6 is 34.8 Å².